The number of halogens is 1. The van der Waals surface area contributed by atoms with Gasteiger partial charge in [0.05, 0.1) is 16.6 Å². The van der Waals surface area contributed by atoms with Crippen LogP contribution in [0, 0.1) is 10.1 Å². The van der Waals surface area contributed by atoms with Crippen molar-refractivity contribution in [2.45, 2.75) is 6.92 Å². The van der Waals surface area contributed by atoms with E-state index in [9.17, 15) is 10.1 Å². The lowest BCUT2D eigenvalue weighted by molar-refractivity contribution is -0.384. The van der Waals surface area contributed by atoms with Crippen molar-refractivity contribution < 1.29 is 9.66 Å². The van der Waals surface area contributed by atoms with Crippen molar-refractivity contribution in [3.8, 4) is 5.75 Å². The van der Waals surface area contributed by atoms with Gasteiger partial charge >= 0.3 is 0 Å². The Balaban J connectivity index is 2.57. The molecule has 0 saturated carbocycles. The Labute approximate surface area is 103 Å². The third-order valence-electron chi connectivity index (χ3n) is 1.82. The Hall–Kier alpha value is -0.940. The molecule has 0 bridgehead atoms. The van der Waals surface area contributed by atoms with E-state index in [1.54, 1.807) is 11.8 Å². The van der Waals surface area contributed by atoms with Crippen molar-refractivity contribution in [2.24, 2.45) is 0 Å². The summed E-state index contributed by atoms with van der Waals surface area (Å²) in [5.74, 6) is 2.41. The molecule has 4 nitrogen and oxygen atoms in total. The standard InChI is InChI=1S/C10H12ClNO3S/c1-2-16-6-5-15-10-4-3-8(12(13)14)7-9(10)11/h3-4,7H,2,5-6H2,1H3. The molecule has 0 spiro atoms. The molecule has 0 aliphatic rings. The van der Waals surface area contributed by atoms with Crippen LogP contribution in [0.3, 0.4) is 0 Å². The Morgan fingerprint density at radius 3 is 2.88 bits per heavy atom. The van der Waals surface area contributed by atoms with E-state index in [4.69, 9.17) is 16.3 Å². The number of hydrogen-bond donors (Lipinski definition) is 0. The Kier molecular flexibility index (Phi) is 5.42. The minimum absolute atomic E-state index is 0.0275. The smallest absolute Gasteiger partial charge is 0.271 e. The lowest BCUT2D eigenvalue weighted by Crippen LogP contribution is -2.01. The molecule has 0 saturated heterocycles. The predicted molar refractivity (Wildman–Crippen MR) is 66.6 cm³/mol. The molecule has 0 unspecified atom stereocenters. The molecule has 0 aliphatic heterocycles. The van der Waals surface area contributed by atoms with Gasteiger partial charge in [0.15, 0.2) is 0 Å². The summed E-state index contributed by atoms with van der Waals surface area (Å²) in [6.45, 7) is 2.62. The van der Waals surface area contributed by atoms with Crippen molar-refractivity contribution in [3.05, 3.63) is 33.3 Å². The summed E-state index contributed by atoms with van der Waals surface area (Å²) in [7, 11) is 0. The fourth-order valence-electron chi connectivity index (χ4n) is 1.08. The van der Waals surface area contributed by atoms with Gasteiger partial charge in [-0.3, -0.25) is 10.1 Å². The minimum atomic E-state index is -0.484. The van der Waals surface area contributed by atoms with E-state index in [0.29, 0.717) is 12.4 Å². The lowest BCUT2D eigenvalue weighted by atomic mass is 10.3. The highest BCUT2D eigenvalue weighted by atomic mass is 35.5. The third kappa shape index (κ3) is 3.90. The maximum absolute atomic E-state index is 10.5. The van der Waals surface area contributed by atoms with Gasteiger partial charge in [0.25, 0.3) is 5.69 Å². The van der Waals surface area contributed by atoms with E-state index in [-0.39, 0.29) is 10.7 Å². The molecule has 0 radical (unpaired) electrons. The minimum Gasteiger partial charge on any atom is -0.491 e. The number of hydrogen-bond acceptors (Lipinski definition) is 4. The van der Waals surface area contributed by atoms with Crippen molar-refractivity contribution in [1.29, 1.82) is 0 Å². The molecule has 0 fully saturated rings. The van der Waals surface area contributed by atoms with Gasteiger partial charge in [-0.1, -0.05) is 18.5 Å². The Bertz CT molecular complexity index is 373. The normalized spacial score (nSPS) is 10.1. The van der Waals surface area contributed by atoms with Crippen molar-refractivity contribution in [1.82, 2.24) is 0 Å². The average Bonchev–Trinajstić information content (AvgIpc) is 2.26. The van der Waals surface area contributed by atoms with E-state index in [2.05, 4.69) is 6.92 Å². The predicted octanol–water partition coefficient (Wildman–Crippen LogP) is 3.38. The molecule has 1 aromatic carbocycles. The highest BCUT2D eigenvalue weighted by Gasteiger charge is 2.09. The van der Waals surface area contributed by atoms with Gasteiger partial charge in [0.1, 0.15) is 5.75 Å². The second-order valence-corrected chi connectivity index (χ2v) is 4.72. The molecule has 1 aromatic rings. The number of ether oxygens (including phenoxy) is 1. The van der Waals surface area contributed by atoms with Crippen LogP contribution in [0.4, 0.5) is 5.69 Å². The first kappa shape index (κ1) is 13.1. The lowest BCUT2D eigenvalue weighted by Gasteiger charge is -2.06. The van der Waals surface area contributed by atoms with Gasteiger partial charge in [0.2, 0.25) is 0 Å². The molecular formula is C10H12ClNO3S. The topological polar surface area (TPSA) is 52.4 Å². The van der Waals surface area contributed by atoms with Gasteiger partial charge in [0, 0.05) is 17.9 Å². The van der Waals surface area contributed by atoms with Crippen LogP contribution in [0.1, 0.15) is 6.92 Å². The van der Waals surface area contributed by atoms with Gasteiger partial charge in [-0.05, 0) is 11.8 Å². The molecule has 6 heteroatoms. The number of nitro groups is 1. The molecular weight excluding hydrogens is 250 g/mol. The highest BCUT2D eigenvalue weighted by Crippen LogP contribution is 2.28. The second kappa shape index (κ2) is 6.60. The molecule has 16 heavy (non-hydrogen) atoms. The quantitative estimate of drug-likeness (QED) is 0.447. The summed E-state index contributed by atoms with van der Waals surface area (Å²) >= 11 is 7.61. The number of rotatable bonds is 6. The number of nitrogens with zero attached hydrogens (tertiary/aromatic N) is 1. The van der Waals surface area contributed by atoms with E-state index >= 15 is 0 Å². The first-order chi connectivity index (χ1) is 7.65. The average molecular weight is 262 g/mol. The Morgan fingerprint density at radius 2 is 2.31 bits per heavy atom. The maximum atomic E-state index is 10.5. The molecule has 0 N–H and O–H groups in total. The monoisotopic (exact) mass is 261 g/mol. The van der Waals surface area contributed by atoms with Gasteiger partial charge < -0.3 is 4.74 Å². The molecule has 0 atom stereocenters. The van der Waals surface area contributed by atoms with Crippen LogP contribution in [0.2, 0.25) is 5.02 Å². The Morgan fingerprint density at radius 1 is 1.56 bits per heavy atom. The molecule has 0 amide bonds. The van der Waals surface area contributed by atoms with Crippen molar-refractivity contribution in [2.75, 3.05) is 18.1 Å². The number of benzene rings is 1. The zero-order valence-corrected chi connectivity index (χ0v) is 10.4. The number of nitro benzene ring substituents is 1. The first-order valence-electron chi connectivity index (χ1n) is 4.79. The summed E-state index contributed by atoms with van der Waals surface area (Å²) in [5.41, 5.74) is -0.0275. The molecule has 0 heterocycles. The van der Waals surface area contributed by atoms with Crippen molar-refractivity contribution >= 4 is 29.1 Å². The van der Waals surface area contributed by atoms with Crippen LogP contribution < -0.4 is 4.74 Å². The zero-order chi connectivity index (χ0) is 12.0. The summed E-state index contributed by atoms with van der Waals surface area (Å²) in [4.78, 5) is 9.98. The largest absolute Gasteiger partial charge is 0.491 e. The van der Waals surface area contributed by atoms with Crippen LogP contribution in [-0.4, -0.2) is 23.0 Å². The fraction of sp³-hybridized carbons (Fsp3) is 0.400. The molecule has 0 aromatic heterocycles. The van der Waals surface area contributed by atoms with E-state index < -0.39 is 4.92 Å². The van der Waals surface area contributed by atoms with Crippen LogP contribution in [0.5, 0.6) is 5.75 Å². The van der Waals surface area contributed by atoms with Gasteiger partial charge in [-0.2, -0.15) is 11.8 Å². The van der Waals surface area contributed by atoms with Gasteiger partial charge in [-0.15, -0.1) is 0 Å². The molecule has 0 aliphatic carbocycles. The van der Waals surface area contributed by atoms with Crippen LogP contribution in [0.25, 0.3) is 0 Å². The fourth-order valence-corrected chi connectivity index (χ4v) is 1.79. The molecule has 1 rings (SSSR count). The van der Waals surface area contributed by atoms with Crippen LogP contribution >= 0.6 is 23.4 Å². The van der Waals surface area contributed by atoms with E-state index in [0.717, 1.165) is 11.5 Å². The SMILES string of the molecule is CCSCCOc1ccc([N+](=O)[O-])cc1Cl. The third-order valence-corrected chi connectivity index (χ3v) is 2.97. The van der Waals surface area contributed by atoms with E-state index in [1.807, 2.05) is 0 Å². The zero-order valence-electron chi connectivity index (χ0n) is 8.81. The summed E-state index contributed by atoms with van der Waals surface area (Å²) in [6, 6.07) is 4.20. The summed E-state index contributed by atoms with van der Waals surface area (Å²) < 4.78 is 5.40. The summed E-state index contributed by atoms with van der Waals surface area (Å²) in [5, 5.41) is 10.7. The number of non-ortho nitro benzene ring substituents is 1. The number of thioether (sulfide) groups is 1. The second-order valence-electron chi connectivity index (χ2n) is 2.92. The maximum Gasteiger partial charge on any atom is 0.271 e. The van der Waals surface area contributed by atoms with Crippen LogP contribution in [0.15, 0.2) is 18.2 Å². The van der Waals surface area contributed by atoms with Gasteiger partial charge in [-0.25, -0.2) is 0 Å². The van der Waals surface area contributed by atoms with Crippen molar-refractivity contribution in [3.63, 3.8) is 0 Å². The first-order valence-corrected chi connectivity index (χ1v) is 6.33. The summed E-state index contributed by atoms with van der Waals surface area (Å²) in [6.07, 6.45) is 0. The molecule has 88 valence electrons. The van der Waals surface area contributed by atoms with E-state index in [1.165, 1.54) is 18.2 Å². The van der Waals surface area contributed by atoms with Crippen LogP contribution in [-0.2, 0) is 0 Å². The highest BCUT2D eigenvalue weighted by molar-refractivity contribution is 7.99.